The van der Waals surface area contributed by atoms with E-state index in [2.05, 4.69) is 12.2 Å². The number of aliphatic hydroxyl groups excluding tert-OH is 1. The van der Waals surface area contributed by atoms with Gasteiger partial charge in [0, 0.05) is 6.04 Å². The Morgan fingerprint density at radius 1 is 1.06 bits per heavy atom. The summed E-state index contributed by atoms with van der Waals surface area (Å²) in [5, 5.41) is 13.1. The summed E-state index contributed by atoms with van der Waals surface area (Å²) in [6.07, 6.45) is 9.72. The average Bonchev–Trinajstić information content (AvgIpc) is 2.26. The Morgan fingerprint density at radius 3 is 2.00 bits per heavy atom. The zero-order valence-electron chi connectivity index (χ0n) is 12.0. The van der Waals surface area contributed by atoms with Crippen molar-refractivity contribution in [2.45, 2.75) is 70.9 Å². The van der Waals surface area contributed by atoms with Gasteiger partial charge in [-0.25, -0.2) is 0 Å². The Labute approximate surface area is 112 Å². The molecule has 0 aromatic heterocycles. The summed E-state index contributed by atoms with van der Waals surface area (Å²) in [7, 11) is 0. The fraction of sp³-hybridized carbons (Fsp3) is 1.00. The maximum atomic E-state index is 9.36. The molecule has 2 N–H and O–H groups in total. The largest absolute Gasteiger partial charge is 0.393 e. The molecule has 4 aliphatic carbocycles. The molecule has 2 unspecified atom stereocenters. The van der Waals surface area contributed by atoms with Crippen LogP contribution in [0.2, 0.25) is 0 Å². The lowest BCUT2D eigenvalue weighted by molar-refractivity contribution is -0.0705. The molecule has 4 fully saturated rings. The molecule has 4 aliphatic rings. The molecule has 104 valence electrons. The van der Waals surface area contributed by atoms with Gasteiger partial charge in [-0.15, -0.1) is 0 Å². The van der Waals surface area contributed by atoms with E-state index in [-0.39, 0.29) is 6.10 Å². The second-order valence-corrected chi connectivity index (χ2v) is 7.59. The molecule has 4 rings (SSSR count). The van der Waals surface area contributed by atoms with Gasteiger partial charge >= 0.3 is 0 Å². The lowest BCUT2D eigenvalue weighted by Gasteiger charge is -2.59. The Balaban J connectivity index is 1.60. The van der Waals surface area contributed by atoms with E-state index in [1.54, 1.807) is 0 Å². The van der Waals surface area contributed by atoms with Crippen LogP contribution in [0.15, 0.2) is 0 Å². The summed E-state index contributed by atoms with van der Waals surface area (Å²) in [5.74, 6) is 3.12. The van der Waals surface area contributed by atoms with Crippen molar-refractivity contribution in [3.05, 3.63) is 0 Å². The SMILES string of the molecule is CC(O)CCNC(C)C12CC3CC(CC(C3)C1)C2. The molecule has 0 amide bonds. The average molecular weight is 251 g/mol. The van der Waals surface area contributed by atoms with Crippen LogP contribution in [0.25, 0.3) is 0 Å². The highest BCUT2D eigenvalue weighted by atomic mass is 16.3. The topological polar surface area (TPSA) is 32.3 Å². The molecule has 2 nitrogen and oxygen atoms in total. The molecule has 0 heterocycles. The van der Waals surface area contributed by atoms with Crippen molar-refractivity contribution in [1.29, 1.82) is 0 Å². The third kappa shape index (κ3) is 2.34. The smallest absolute Gasteiger partial charge is 0.0524 e. The first-order valence-corrected chi connectivity index (χ1v) is 7.99. The highest BCUT2D eigenvalue weighted by Crippen LogP contribution is 2.61. The van der Waals surface area contributed by atoms with Gasteiger partial charge in [-0.1, -0.05) is 0 Å². The quantitative estimate of drug-likeness (QED) is 0.787. The molecule has 18 heavy (non-hydrogen) atoms. The molecule has 2 atom stereocenters. The highest BCUT2D eigenvalue weighted by Gasteiger charge is 2.52. The number of aliphatic hydroxyl groups is 1. The van der Waals surface area contributed by atoms with Crippen LogP contribution in [0.3, 0.4) is 0 Å². The molecule has 2 heteroatoms. The molecule has 0 spiro atoms. The van der Waals surface area contributed by atoms with E-state index in [9.17, 15) is 5.11 Å². The Morgan fingerprint density at radius 2 is 1.56 bits per heavy atom. The van der Waals surface area contributed by atoms with Crippen molar-refractivity contribution in [3.63, 3.8) is 0 Å². The lowest BCUT2D eigenvalue weighted by Crippen LogP contribution is -2.55. The molecule has 0 aromatic rings. The van der Waals surface area contributed by atoms with E-state index in [4.69, 9.17) is 0 Å². The second kappa shape index (κ2) is 4.79. The van der Waals surface area contributed by atoms with Crippen molar-refractivity contribution in [3.8, 4) is 0 Å². The minimum absolute atomic E-state index is 0.166. The van der Waals surface area contributed by atoms with E-state index >= 15 is 0 Å². The van der Waals surface area contributed by atoms with Crippen LogP contribution in [0.5, 0.6) is 0 Å². The molecular formula is C16H29NO. The number of hydrogen-bond acceptors (Lipinski definition) is 2. The van der Waals surface area contributed by atoms with Crippen LogP contribution >= 0.6 is 0 Å². The number of rotatable bonds is 5. The minimum atomic E-state index is -0.166. The van der Waals surface area contributed by atoms with Crippen LogP contribution in [-0.2, 0) is 0 Å². The predicted octanol–water partition coefficient (Wildman–Crippen LogP) is 2.95. The van der Waals surface area contributed by atoms with Crippen molar-refractivity contribution in [2.75, 3.05) is 6.54 Å². The first-order chi connectivity index (χ1) is 8.57. The minimum Gasteiger partial charge on any atom is -0.393 e. The first-order valence-electron chi connectivity index (χ1n) is 7.99. The molecular weight excluding hydrogens is 222 g/mol. The fourth-order valence-electron chi connectivity index (χ4n) is 5.43. The summed E-state index contributed by atoms with van der Waals surface area (Å²) in [5.41, 5.74) is 0.605. The zero-order valence-corrected chi connectivity index (χ0v) is 12.0. The Kier molecular flexibility index (Phi) is 3.44. The molecule has 0 aromatic carbocycles. The van der Waals surface area contributed by atoms with Crippen LogP contribution in [-0.4, -0.2) is 23.8 Å². The highest BCUT2D eigenvalue weighted by molar-refractivity contribution is 5.05. The predicted molar refractivity (Wildman–Crippen MR) is 74.4 cm³/mol. The standard InChI is InChI=1S/C16H29NO/c1-11(18)3-4-17-12(2)16-8-13-5-14(9-16)7-15(6-13)10-16/h11-15,17-18H,3-10H2,1-2H3. The normalized spacial score (nSPS) is 45.2. The third-order valence-corrected chi connectivity index (χ3v) is 6.02. The van der Waals surface area contributed by atoms with Gasteiger partial charge in [0.2, 0.25) is 0 Å². The van der Waals surface area contributed by atoms with Crippen molar-refractivity contribution < 1.29 is 5.11 Å². The summed E-state index contributed by atoms with van der Waals surface area (Å²) in [6, 6.07) is 0.643. The third-order valence-electron chi connectivity index (χ3n) is 6.02. The number of nitrogens with one attached hydrogen (secondary N) is 1. The Bertz CT molecular complexity index is 264. The molecule has 0 aliphatic heterocycles. The van der Waals surface area contributed by atoms with Gasteiger partial charge in [-0.2, -0.15) is 0 Å². The number of hydrogen-bond donors (Lipinski definition) is 2. The zero-order chi connectivity index (χ0) is 12.8. The van der Waals surface area contributed by atoms with E-state index < -0.39 is 0 Å². The van der Waals surface area contributed by atoms with E-state index in [0.717, 1.165) is 30.7 Å². The van der Waals surface area contributed by atoms with Crippen molar-refractivity contribution >= 4 is 0 Å². The van der Waals surface area contributed by atoms with Crippen LogP contribution < -0.4 is 5.32 Å². The van der Waals surface area contributed by atoms with Gasteiger partial charge in [0.05, 0.1) is 6.10 Å². The van der Waals surface area contributed by atoms with Crippen LogP contribution in [0, 0.1) is 23.2 Å². The summed E-state index contributed by atoms with van der Waals surface area (Å²) >= 11 is 0. The van der Waals surface area contributed by atoms with Gasteiger partial charge in [0.1, 0.15) is 0 Å². The van der Waals surface area contributed by atoms with Gasteiger partial charge in [-0.3, -0.25) is 0 Å². The fourth-order valence-corrected chi connectivity index (χ4v) is 5.43. The monoisotopic (exact) mass is 251 g/mol. The van der Waals surface area contributed by atoms with E-state index in [1.165, 1.54) is 38.5 Å². The van der Waals surface area contributed by atoms with Gasteiger partial charge < -0.3 is 10.4 Å². The van der Waals surface area contributed by atoms with Crippen molar-refractivity contribution in [2.24, 2.45) is 23.2 Å². The Hall–Kier alpha value is -0.0800. The van der Waals surface area contributed by atoms with Gasteiger partial charge in [0.25, 0.3) is 0 Å². The molecule has 0 radical (unpaired) electrons. The summed E-state index contributed by atoms with van der Waals surface area (Å²) < 4.78 is 0. The van der Waals surface area contributed by atoms with Gasteiger partial charge in [-0.05, 0) is 88.5 Å². The molecule has 4 bridgehead atoms. The summed E-state index contributed by atoms with van der Waals surface area (Å²) in [4.78, 5) is 0. The summed E-state index contributed by atoms with van der Waals surface area (Å²) in [6.45, 7) is 5.26. The van der Waals surface area contributed by atoms with E-state index in [1.807, 2.05) is 6.92 Å². The second-order valence-electron chi connectivity index (χ2n) is 7.59. The maximum absolute atomic E-state index is 9.36. The molecule has 4 saturated carbocycles. The molecule has 0 saturated heterocycles. The van der Waals surface area contributed by atoms with E-state index in [0.29, 0.717) is 11.5 Å². The maximum Gasteiger partial charge on any atom is 0.0524 e. The van der Waals surface area contributed by atoms with Gasteiger partial charge in [0.15, 0.2) is 0 Å². The first kappa shape index (κ1) is 12.9. The lowest BCUT2D eigenvalue weighted by atomic mass is 9.48. The van der Waals surface area contributed by atoms with Crippen LogP contribution in [0.1, 0.15) is 58.8 Å². The van der Waals surface area contributed by atoms with Crippen molar-refractivity contribution in [1.82, 2.24) is 5.32 Å². The van der Waals surface area contributed by atoms with Crippen LogP contribution in [0.4, 0.5) is 0 Å².